The van der Waals surface area contributed by atoms with Gasteiger partial charge in [0.15, 0.2) is 0 Å². The van der Waals surface area contributed by atoms with Crippen molar-refractivity contribution in [2.75, 3.05) is 17.7 Å². The highest BCUT2D eigenvalue weighted by Gasteiger charge is 2.12. The van der Waals surface area contributed by atoms with Crippen molar-refractivity contribution in [1.29, 1.82) is 0 Å². The van der Waals surface area contributed by atoms with Gasteiger partial charge in [-0.25, -0.2) is 4.68 Å². The minimum atomic E-state index is 0.315. The fourth-order valence-corrected chi connectivity index (χ4v) is 1.78. The normalized spacial score (nSPS) is 13.2. The molecule has 0 bridgehead atoms. The Morgan fingerprint density at radius 2 is 2.42 bits per heavy atom. The molecule has 0 aromatic carbocycles. The van der Waals surface area contributed by atoms with E-state index in [2.05, 4.69) is 28.7 Å². The van der Waals surface area contributed by atoms with Gasteiger partial charge in [-0.1, -0.05) is 12.0 Å². The number of thioether (sulfide) groups is 1. The summed E-state index contributed by atoms with van der Waals surface area (Å²) in [6.45, 7) is 2.10. The Balaban J connectivity index is 2.72. The Hall–Kier alpha value is -0.780. The maximum Gasteiger partial charge on any atom is 0.240 e. The molecule has 12 heavy (non-hydrogen) atoms. The minimum Gasteiger partial charge on any atom is -0.367 e. The van der Waals surface area contributed by atoms with Crippen LogP contribution < -0.4 is 5.73 Å². The molecule has 0 amide bonds. The lowest BCUT2D eigenvalue weighted by atomic mass is 10.3. The van der Waals surface area contributed by atoms with Crippen molar-refractivity contribution in [1.82, 2.24) is 20.2 Å². The first kappa shape index (κ1) is 9.31. The highest BCUT2D eigenvalue weighted by atomic mass is 32.2. The van der Waals surface area contributed by atoms with Crippen molar-refractivity contribution in [3.05, 3.63) is 0 Å². The van der Waals surface area contributed by atoms with Crippen molar-refractivity contribution < 1.29 is 0 Å². The van der Waals surface area contributed by atoms with E-state index in [9.17, 15) is 0 Å². The van der Waals surface area contributed by atoms with Gasteiger partial charge < -0.3 is 5.73 Å². The first-order chi connectivity index (χ1) is 5.79. The summed E-state index contributed by atoms with van der Waals surface area (Å²) >= 11 is 1.77. The van der Waals surface area contributed by atoms with Crippen LogP contribution in [0.3, 0.4) is 0 Å². The third-order valence-electron chi connectivity index (χ3n) is 1.69. The molecule has 0 saturated heterocycles. The van der Waals surface area contributed by atoms with E-state index >= 15 is 0 Å². The zero-order valence-electron chi connectivity index (χ0n) is 7.27. The number of hydrogen-bond acceptors (Lipinski definition) is 5. The van der Waals surface area contributed by atoms with E-state index < -0.39 is 0 Å². The van der Waals surface area contributed by atoms with Crippen LogP contribution in [0, 0.1) is 0 Å². The number of rotatable bonds is 4. The smallest absolute Gasteiger partial charge is 0.240 e. The Bertz CT molecular complexity index is 236. The third kappa shape index (κ3) is 1.88. The summed E-state index contributed by atoms with van der Waals surface area (Å²) in [5.41, 5.74) is 5.56. The average Bonchev–Trinajstić information content (AvgIpc) is 2.47. The van der Waals surface area contributed by atoms with E-state index in [1.54, 1.807) is 16.4 Å². The van der Waals surface area contributed by atoms with Crippen molar-refractivity contribution in [3.8, 4) is 0 Å². The van der Waals surface area contributed by atoms with E-state index in [0.29, 0.717) is 12.0 Å². The molecular formula is C6H13N5S. The molecule has 0 aliphatic carbocycles. The number of tetrazole rings is 1. The van der Waals surface area contributed by atoms with E-state index in [4.69, 9.17) is 5.73 Å². The predicted molar refractivity (Wildman–Crippen MR) is 49.9 cm³/mol. The van der Waals surface area contributed by atoms with Gasteiger partial charge >= 0.3 is 0 Å². The molecule has 1 aromatic rings. The molecule has 5 nitrogen and oxygen atoms in total. The van der Waals surface area contributed by atoms with E-state index in [-0.39, 0.29) is 0 Å². The first-order valence-corrected chi connectivity index (χ1v) is 5.21. The number of nitrogens with two attached hydrogens (primary N) is 1. The van der Waals surface area contributed by atoms with Crippen LogP contribution in [-0.2, 0) is 0 Å². The van der Waals surface area contributed by atoms with Gasteiger partial charge in [0.25, 0.3) is 0 Å². The van der Waals surface area contributed by atoms with Crippen molar-refractivity contribution in [2.45, 2.75) is 19.4 Å². The van der Waals surface area contributed by atoms with E-state index in [1.165, 1.54) is 0 Å². The molecule has 0 saturated carbocycles. The fraction of sp³-hybridized carbons (Fsp3) is 0.833. The lowest BCUT2D eigenvalue weighted by Crippen LogP contribution is -2.15. The van der Waals surface area contributed by atoms with Crippen molar-refractivity contribution in [2.24, 2.45) is 0 Å². The standard InChI is InChI=1S/C6H13N5S/c1-3-5(4-12-2)11-6(7)8-9-10-11/h5H,3-4H2,1-2H3,(H2,7,8,10). The lowest BCUT2D eigenvalue weighted by Gasteiger charge is -2.12. The molecule has 6 heteroatoms. The van der Waals surface area contributed by atoms with Gasteiger partial charge in [0, 0.05) is 5.75 Å². The van der Waals surface area contributed by atoms with Gasteiger partial charge in [-0.05, 0) is 23.1 Å². The molecule has 0 radical (unpaired) electrons. The lowest BCUT2D eigenvalue weighted by molar-refractivity contribution is 0.477. The Morgan fingerprint density at radius 3 is 2.83 bits per heavy atom. The molecule has 1 heterocycles. The molecule has 0 fully saturated rings. The molecule has 2 N–H and O–H groups in total. The van der Waals surface area contributed by atoms with Gasteiger partial charge in [0.1, 0.15) is 0 Å². The van der Waals surface area contributed by atoms with Crippen LogP contribution in [0.1, 0.15) is 19.4 Å². The molecule has 1 unspecified atom stereocenters. The summed E-state index contributed by atoms with van der Waals surface area (Å²) < 4.78 is 1.68. The molecule has 0 aliphatic heterocycles. The highest BCUT2D eigenvalue weighted by Crippen LogP contribution is 2.16. The van der Waals surface area contributed by atoms with Gasteiger partial charge in [0.2, 0.25) is 5.95 Å². The second-order valence-corrected chi connectivity index (χ2v) is 3.41. The number of aromatic nitrogens is 4. The average molecular weight is 187 g/mol. The second-order valence-electron chi connectivity index (χ2n) is 2.50. The van der Waals surface area contributed by atoms with Crippen LogP contribution in [0.5, 0.6) is 0 Å². The first-order valence-electron chi connectivity index (χ1n) is 3.81. The van der Waals surface area contributed by atoms with Gasteiger partial charge in [-0.2, -0.15) is 11.8 Å². The zero-order valence-corrected chi connectivity index (χ0v) is 8.08. The monoisotopic (exact) mass is 187 g/mol. The summed E-state index contributed by atoms with van der Waals surface area (Å²) in [4.78, 5) is 0. The predicted octanol–water partition coefficient (Wildman–Crippen LogP) is 0.569. The largest absolute Gasteiger partial charge is 0.367 e. The van der Waals surface area contributed by atoms with Crippen molar-refractivity contribution in [3.63, 3.8) is 0 Å². The molecule has 0 aliphatic rings. The fourth-order valence-electron chi connectivity index (χ4n) is 1.01. The Kier molecular flexibility index (Phi) is 3.33. The summed E-state index contributed by atoms with van der Waals surface area (Å²) in [6.07, 6.45) is 3.05. The number of nitrogens with zero attached hydrogens (tertiary/aromatic N) is 4. The maximum absolute atomic E-state index is 5.56. The summed E-state index contributed by atoms with van der Waals surface area (Å²) in [5.74, 6) is 1.39. The quantitative estimate of drug-likeness (QED) is 0.746. The molecule has 1 atom stereocenters. The molecular weight excluding hydrogens is 174 g/mol. The minimum absolute atomic E-state index is 0.315. The number of nitrogen functional groups attached to an aromatic ring is 1. The molecule has 0 spiro atoms. The Morgan fingerprint density at radius 1 is 1.67 bits per heavy atom. The van der Waals surface area contributed by atoms with Crippen LogP contribution in [0.15, 0.2) is 0 Å². The number of anilines is 1. The van der Waals surface area contributed by atoms with Crippen LogP contribution in [0.4, 0.5) is 5.95 Å². The van der Waals surface area contributed by atoms with Gasteiger partial charge in [-0.3, -0.25) is 0 Å². The topological polar surface area (TPSA) is 69.6 Å². The summed E-state index contributed by atoms with van der Waals surface area (Å²) in [7, 11) is 0. The van der Waals surface area contributed by atoms with E-state index in [1.807, 2.05) is 0 Å². The van der Waals surface area contributed by atoms with Crippen LogP contribution >= 0.6 is 11.8 Å². The SMILES string of the molecule is CCC(CSC)n1nnnc1N. The van der Waals surface area contributed by atoms with Crippen LogP contribution in [0.2, 0.25) is 0 Å². The molecule has 1 aromatic heterocycles. The highest BCUT2D eigenvalue weighted by molar-refractivity contribution is 7.98. The molecule has 68 valence electrons. The number of hydrogen-bond donors (Lipinski definition) is 1. The van der Waals surface area contributed by atoms with Gasteiger partial charge in [0.05, 0.1) is 6.04 Å². The molecule has 1 rings (SSSR count). The second kappa shape index (κ2) is 4.30. The zero-order chi connectivity index (χ0) is 8.97. The summed E-state index contributed by atoms with van der Waals surface area (Å²) in [6, 6.07) is 0.315. The third-order valence-corrected chi connectivity index (χ3v) is 2.41. The van der Waals surface area contributed by atoms with Crippen LogP contribution in [-0.4, -0.2) is 32.2 Å². The van der Waals surface area contributed by atoms with Crippen LogP contribution in [0.25, 0.3) is 0 Å². The van der Waals surface area contributed by atoms with Crippen molar-refractivity contribution >= 4 is 17.7 Å². The van der Waals surface area contributed by atoms with Gasteiger partial charge in [-0.15, -0.1) is 0 Å². The maximum atomic E-state index is 5.56. The summed E-state index contributed by atoms with van der Waals surface area (Å²) in [5, 5.41) is 11.0. The van der Waals surface area contributed by atoms with E-state index in [0.717, 1.165) is 12.2 Å². The Labute approximate surface area is 75.7 Å².